The molecule has 1 rings (SSSR count). The number of esters is 1. The van der Waals surface area contributed by atoms with Crippen molar-refractivity contribution in [3.8, 4) is 0 Å². The van der Waals surface area contributed by atoms with Crippen molar-refractivity contribution < 1.29 is 24.2 Å². The third kappa shape index (κ3) is 77.6. The first kappa shape index (κ1) is 23.2. The van der Waals surface area contributed by atoms with Gasteiger partial charge in [0.1, 0.15) is 5.78 Å². The fourth-order valence-electron chi connectivity index (χ4n) is 0.714. The Morgan fingerprint density at radius 2 is 1.47 bits per heavy atom. The van der Waals surface area contributed by atoms with E-state index >= 15 is 0 Å². The van der Waals surface area contributed by atoms with Crippen LogP contribution in [0.1, 0.15) is 54.4 Å². The van der Waals surface area contributed by atoms with Gasteiger partial charge in [-0.25, -0.2) is 0 Å². The van der Waals surface area contributed by atoms with Gasteiger partial charge in [-0.1, -0.05) is 0 Å². The van der Waals surface area contributed by atoms with E-state index in [9.17, 15) is 9.59 Å². The zero-order valence-electron chi connectivity index (χ0n) is 13.2. The van der Waals surface area contributed by atoms with Crippen molar-refractivity contribution in [2.24, 2.45) is 0 Å². The Kier molecular flexibility index (Phi) is 23.7. The van der Waals surface area contributed by atoms with Gasteiger partial charge in [-0.05, 0) is 47.5 Å². The molecule has 1 fully saturated rings. The molecule has 1 heterocycles. The number of aliphatic hydroxyl groups excluding tert-OH is 1. The van der Waals surface area contributed by atoms with Gasteiger partial charge in [0.25, 0.3) is 0 Å². The van der Waals surface area contributed by atoms with Crippen molar-refractivity contribution in [1.29, 1.82) is 0 Å². The molecule has 0 aromatic carbocycles. The van der Waals surface area contributed by atoms with Gasteiger partial charge in [0, 0.05) is 26.2 Å². The molecule has 1 aliphatic heterocycles. The molecular formula is C14H30O5. The number of hydrogen-bond donors (Lipinski definition) is 1. The van der Waals surface area contributed by atoms with Gasteiger partial charge in [-0.3, -0.25) is 4.79 Å². The molecule has 0 saturated carbocycles. The lowest BCUT2D eigenvalue weighted by molar-refractivity contribution is -0.140. The van der Waals surface area contributed by atoms with Crippen LogP contribution >= 0.6 is 0 Å². The van der Waals surface area contributed by atoms with Crippen LogP contribution in [0.2, 0.25) is 0 Å². The van der Waals surface area contributed by atoms with Gasteiger partial charge in [0.2, 0.25) is 0 Å². The molecule has 19 heavy (non-hydrogen) atoms. The van der Waals surface area contributed by atoms with Crippen molar-refractivity contribution in [3.63, 3.8) is 0 Å². The molecule has 0 aliphatic carbocycles. The number of ether oxygens (including phenoxy) is 2. The van der Waals surface area contributed by atoms with Crippen LogP contribution in [0.15, 0.2) is 0 Å². The Bertz CT molecular complexity index is 184. The van der Waals surface area contributed by atoms with E-state index in [0.717, 1.165) is 13.2 Å². The molecule has 0 radical (unpaired) electrons. The number of hydrogen-bond acceptors (Lipinski definition) is 5. The van der Waals surface area contributed by atoms with Crippen molar-refractivity contribution >= 4 is 11.8 Å². The normalized spacial score (nSPS) is 12.0. The zero-order chi connectivity index (χ0) is 15.7. The second-order valence-electron chi connectivity index (χ2n) is 4.25. The maximum absolute atomic E-state index is 9.82. The summed E-state index contributed by atoms with van der Waals surface area (Å²) < 4.78 is 9.35. The lowest BCUT2D eigenvalue weighted by Crippen LogP contribution is -1.95. The molecule has 0 aromatic heterocycles. The van der Waals surface area contributed by atoms with E-state index in [1.807, 2.05) is 0 Å². The molecule has 1 saturated heterocycles. The second-order valence-corrected chi connectivity index (χ2v) is 4.25. The minimum atomic E-state index is -0.211. The molecule has 0 unspecified atom stereocenters. The fraction of sp³-hybridized carbons (Fsp3) is 0.857. The van der Waals surface area contributed by atoms with Gasteiger partial charge in [-0.2, -0.15) is 0 Å². The Morgan fingerprint density at radius 1 is 1.16 bits per heavy atom. The number of carbonyl (C=O) groups excluding carboxylic acids is 2. The van der Waals surface area contributed by atoms with Crippen LogP contribution in [0, 0.1) is 0 Å². The van der Waals surface area contributed by atoms with Crippen LogP contribution in [0.5, 0.6) is 0 Å². The first-order valence-electron chi connectivity index (χ1n) is 6.60. The number of aliphatic hydroxyl groups is 1. The minimum absolute atomic E-state index is 0.167. The second kappa shape index (κ2) is 19.4. The Balaban J connectivity index is -0.000000183. The summed E-state index contributed by atoms with van der Waals surface area (Å²) in [5.74, 6) is -0.0440. The Hall–Kier alpha value is -0.940. The average molecular weight is 278 g/mol. The van der Waals surface area contributed by atoms with Crippen LogP contribution in [0.3, 0.4) is 0 Å². The number of carbonyl (C=O) groups is 2. The Morgan fingerprint density at radius 3 is 1.53 bits per heavy atom. The predicted octanol–water partition coefficient (Wildman–Crippen LogP) is 2.35. The summed E-state index contributed by atoms with van der Waals surface area (Å²) in [6.07, 6.45) is 2.39. The quantitative estimate of drug-likeness (QED) is 0.745. The summed E-state index contributed by atoms with van der Waals surface area (Å²) in [5, 5.41) is 8.06. The highest BCUT2D eigenvalue weighted by Gasteiger charge is 1.94. The number of rotatable bonds is 1. The number of ketones is 1. The van der Waals surface area contributed by atoms with Gasteiger partial charge < -0.3 is 19.4 Å². The van der Waals surface area contributed by atoms with E-state index in [4.69, 9.17) is 9.84 Å². The molecular weight excluding hydrogens is 248 g/mol. The van der Waals surface area contributed by atoms with Crippen molar-refractivity contribution in [1.82, 2.24) is 0 Å². The molecule has 0 atom stereocenters. The molecule has 1 N–H and O–H groups in total. The topological polar surface area (TPSA) is 72.8 Å². The van der Waals surface area contributed by atoms with Gasteiger partial charge >= 0.3 is 5.97 Å². The summed E-state index contributed by atoms with van der Waals surface area (Å²) in [4.78, 5) is 19.3. The summed E-state index contributed by atoms with van der Waals surface area (Å²) in [5.41, 5.74) is 0. The molecule has 0 amide bonds. The van der Waals surface area contributed by atoms with Crippen LogP contribution in [-0.2, 0) is 19.1 Å². The molecule has 5 nitrogen and oxygen atoms in total. The molecule has 0 bridgehead atoms. The predicted molar refractivity (Wildman–Crippen MR) is 76.1 cm³/mol. The van der Waals surface area contributed by atoms with Crippen molar-refractivity contribution in [3.05, 3.63) is 0 Å². The minimum Gasteiger partial charge on any atom is -0.466 e. The summed E-state index contributed by atoms with van der Waals surface area (Å²) in [6.45, 7) is 12.2. The largest absolute Gasteiger partial charge is 0.466 e. The van der Waals surface area contributed by atoms with E-state index in [2.05, 4.69) is 4.74 Å². The fourth-order valence-corrected chi connectivity index (χ4v) is 0.714. The molecule has 0 aromatic rings. The molecule has 5 heteroatoms. The van der Waals surface area contributed by atoms with Crippen molar-refractivity contribution in [2.45, 2.75) is 60.5 Å². The van der Waals surface area contributed by atoms with E-state index in [0.29, 0.717) is 6.61 Å². The molecule has 1 aliphatic rings. The van der Waals surface area contributed by atoms with Gasteiger partial charge in [0.05, 0.1) is 6.61 Å². The summed E-state index contributed by atoms with van der Waals surface area (Å²) in [6, 6.07) is 0. The van der Waals surface area contributed by atoms with E-state index in [-0.39, 0.29) is 17.9 Å². The lowest BCUT2D eigenvalue weighted by Gasteiger charge is -1.89. The zero-order valence-corrected chi connectivity index (χ0v) is 13.2. The smallest absolute Gasteiger partial charge is 0.302 e. The summed E-state index contributed by atoms with van der Waals surface area (Å²) >= 11 is 0. The van der Waals surface area contributed by atoms with Crippen LogP contribution in [0.4, 0.5) is 0 Å². The highest BCUT2D eigenvalue weighted by Crippen LogP contribution is 1.98. The highest BCUT2D eigenvalue weighted by atomic mass is 16.5. The summed E-state index contributed by atoms with van der Waals surface area (Å²) in [7, 11) is 0. The van der Waals surface area contributed by atoms with Crippen LogP contribution in [-0.4, -0.2) is 42.8 Å². The first-order valence-corrected chi connectivity index (χ1v) is 6.60. The highest BCUT2D eigenvalue weighted by molar-refractivity contribution is 5.72. The van der Waals surface area contributed by atoms with E-state index in [1.165, 1.54) is 33.6 Å². The van der Waals surface area contributed by atoms with Crippen LogP contribution < -0.4 is 0 Å². The lowest BCUT2D eigenvalue weighted by atomic mass is 10.4. The molecule has 0 spiro atoms. The standard InChI is InChI=1S/C4H8O2.C4H8O.C3H8O.C3H6O/c1-3-6-4(2)5;1-2-4-5-3-1;2*1-3(2)4/h3H2,1-2H3;1-4H2;3-4H,1-2H3;1-2H3. The maximum atomic E-state index is 9.82. The average Bonchev–Trinajstić information content (AvgIpc) is 2.72. The van der Waals surface area contributed by atoms with Gasteiger partial charge in [0.15, 0.2) is 0 Å². The third-order valence-corrected chi connectivity index (χ3v) is 1.17. The first-order chi connectivity index (χ1) is 8.73. The SMILES string of the molecule is C1CCOC1.CC(C)=O.CC(C)O.CCOC(C)=O. The Labute approximate surface area is 117 Å². The van der Waals surface area contributed by atoms with Crippen LogP contribution in [0.25, 0.3) is 0 Å². The van der Waals surface area contributed by atoms with E-state index < -0.39 is 0 Å². The van der Waals surface area contributed by atoms with Crippen molar-refractivity contribution in [2.75, 3.05) is 19.8 Å². The maximum Gasteiger partial charge on any atom is 0.302 e. The monoisotopic (exact) mass is 278 g/mol. The number of Topliss-reactive ketones (excluding diaryl/α,β-unsaturated/α-hetero) is 1. The molecule has 116 valence electrons. The third-order valence-electron chi connectivity index (χ3n) is 1.17. The van der Waals surface area contributed by atoms with Gasteiger partial charge in [-0.15, -0.1) is 0 Å². The van der Waals surface area contributed by atoms with E-state index in [1.54, 1.807) is 20.8 Å².